The molecule has 36 heavy (non-hydrogen) atoms. The molecule has 4 amide bonds. The second-order valence-electron chi connectivity index (χ2n) is 9.23. The lowest BCUT2D eigenvalue weighted by Crippen LogP contribution is -2.75. The maximum atomic E-state index is 13.6. The second-order valence-corrected chi connectivity index (χ2v) is 10.2. The van der Waals surface area contributed by atoms with E-state index in [2.05, 4.69) is 5.32 Å². The first kappa shape index (κ1) is 26.0. The van der Waals surface area contributed by atoms with Gasteiger partial charge in [-0.1, -0.05) is 42.0 Å². The summed E-state index contributed by atoms with van der Waals surface area (Å²) in [6, 6.07) is 12.9. The Balaban J connectivity index is 1.58. The average molecular weight is 514 g/mol. The Labute approximate surface area is 215 Å². The summed E-state index contributed by atoms with van der Waals surface area (Å²) in [6.07, 6.45) is 1.86. The molecule has 0 spiro atoms. The molecule has 2 aromatic rings. The predicted octanol–water partition coefficient (Wildman–Crippen LogP) is 2.82. The zero-order valence-corrected chi connectivity index (χ0v) is 21.6. The lowest BCUT2D eigenvalue weighted by atomic mass is 10.0. The normalized spacial score (nSPS) is 20.5. The van der Waals surface area contributed by atoms with E-state index in [9.17, 15) is 18.8 Å². The number of piperazine rings is 1. The summed E-state index contributed by atoms with van der Waals surface area (Å²) in [4.78, 5) is 43.4. The standard InChI is InChI=1S/C26H32FN5O3S/c1-18-4-6-20(7-5-18)15-30-16-23-31(22(25(30)34)12-13-36-3)24(33)17-29(2)32(23)26(35)28-14-19-8-10-21(27)11-9-19/h4-11,22-23H,12-17H2,1-3H3,(H,28,35)/t22-,23-/m0/s1. The van der Waals surface area contributed by atoms with Crippen LogP contribution >= 0.6 is 11.8 Å². The highest BCUT2D eigenvalue weighted by molar-refractivity contribution is 7.98. The number of amides is 4. The zero-order valence-electron chi connectivity index (χ0n) is 20.8. The molecule has 2 atom stereocenters. The van der Waals surface area contributed by atoms with Gasteiger partial charge < -0.3 is 15.1 Å². The van der Waals surface area contributed by atoms with Crippen LogP contribution in [0.3, 0.4) is 0 Å². The van der Waals surface area contributed by atoms with Crippen LogP contribution in [0.15, 0.2) is 48.5 Å². The predicted molar refractivity (Wildman–Crippen MR) is 137 cm³/mol. The smallest absolute Gasteiger partial charge is 0.333 e. The summed E-state index contributed by atoms with van der Waals surface area (Å²) in [5.41, 5.74) is 2.89. The van der Waals surface area contributed by atoms with E-state index in [-0.39, 0.29) is 43.3 Å². The number of nitrogens with zero attached hydrogens (tertiary/aromatic N) is 4. The van der Waals surface area contributed by atoms with E-state index in [1.165, 1.54) is 17.1 Å². The third-order valence-corrected chi connectivity index (χ3v) is 7.24. The van der Waals surface area contributed by atoms with Gasteiger partial charge in [0.15, 0.2) is 0 Å². The van der Waals surface area contributed by atoms with Gasteiger partial charge in [0.05, 0.1) is 13.1 Å². The van der Waals surface area contributed by atoms with Crippen LogP contribution in [0.1, 0.15) is 23.1 Å². The molecule has 2 saturated heterocycles. The van der Waals surface area contributed by atoms with Gasteiger partial charge in [0, 0.05) is 20.1 Å². The highest BCUT2D eigenvalue weighted by Crippen LogP contribution is 2.29. The lowest BCUT2D eigenvalue weighted by Gasteiger charge is -2.54. The van der Waals surface area contributed by atoms with E-state index in [1.807, 2.05) is 37.4 Å². The number of thioether (sulfide) groups is 1. The summed E-state index contributed by atoms with van der Waals surface area (Å²) >= 11 is 1.62. The Morgan fingerprint density at radius 1 is 1.08 bits per heavy atom. The van der Waals surface area contributed by atoms with E-state index in [1.54, 1.807) is 45.8 Å². The molecule has 2 heterocycles. The molecule has 8 nitrogen and oxygen atoms in total. The van der Waals surface area contributed by atoms with Gasteiger partial charge >= 0.3 is 6.03 Å². The number of carbonyl (C=O) groups excluding carboxylic acids is 3. The zero-order chi connectivity index (χ0) is 25.8. The summed E-state index contributed by atoms with van der Waals surface area (Å²) in [6.45, 7) is 2.84. The van der Waals surface area contributed by atoms with Crippen molar-refractivity contribution >= 4 is 29.6 Å². The molecule has 1 N–H and O–H groups in total. The van der Waals surface area contributed by atoms with E-state index < -0.39 is 12.2 Å². The highest BCUT2D eigenvalue weighted by atomic mass is 32.2. The number of benzene rings is 2. The van der Waals surface area contributed by atoms with E-state index in [4.69, 9.17) is 0 Å². The van der Waals surface area contributed by atoms with Crippen molar-refractivity contribution in [2.45, 2.75) is 38.6 Å². The molecule has 0 bridgehead atoms. The van der Waals surface area contributed by atoms with Gasteiger partial charge in [-0.15, -0.1) is 0 Å². The molecule has 10 heteroatoms. The first-order valence-electron chi connectivity index (χ1n) is 12.0. The summed E-state index contributed by atoms with van der Waals surface area (Å²) in [5, 5.41) is 6.02. The topological polar surface area (TPSA) is 76.2 Å². The molecule has 2 aliphatic heterocycles. The Morgan fingerprint density at radius 3 is 2.42 bits per heavy atom. The number of hydrogen-bond acceptors (Lipinski definition) is 5. The molecule has 2 fully saturated rings. The Kier molecular flexibility index (Phi) is 8.15. The van der Waals surface area contributed by atoms with Crippen LogP contribution in [0.25, 0.3) is 0 Å². The molecule has 0 radical (unpaired) electrons. The highest BCUT2D eigenvalue weighted by Gasteiger charge is 2.50. The first-order chi connectivity index (χ1) is 17.3. The van der Waals surface area contributed by atoms with Gasteiger partial charge in [0.1, 0.15) is 18.0 Å². The van der Waals surface area contributed by atoms with Gasteiger partial charge in [-0.05, 0) is 48.6 Å². The second kappa shape index (κ2) is 11.3. The number of hydrazine groups is 1. The summed E-state index contributed by atoms with van der Waals surface area (Å²) in [5.74, 6) is 0.120. The quantitative estimate of drug-likeness (QED) is 0.616. The van der Waals surface area contributed by atoms with Crippen LogP contribution in [0.5, 0.6) is 0 Å². The van der Waals surface area contributed by atoms with Crippen LogP contribution in [0.4, 0.5) is 9.18 Å². The fourth-order valence-electron chi connectivity index (χ4n) is 4.73. The van der Waals surface area contributed by atoms with Crippen LogP contribution < -0.4 is 5.32 Å². The van der Waals surface area contributed by atoms with Crippen molar-refractivity contribution in [3.8, 4) is 0 Å². The Bertz CT molecular complexity index is 1100. The Morgan fingerprint density at radius 2 is 1.75 bits per heavy atom. The van der Waals surface area contributed by atoms with Crippen molar-refractivity contribution in [2.75, 3.05) is 32.1 Å². The van der Waals surface area contributed by atoms with Crippen molar-refractivity contribution < 1.29 is 18.8 Å². The molecular weight excluding hydrogens is 481 g/mol. The molecule has 2 aliphatic rings. The van der Waals surface area contributed by atoms with E-state index in [0.29, 0.717) is 13.0 Å². The molecule has 0 unspecified atom stereocenters. The van der Waals surface area contributed by atoms with Crippen LogP contribution in [0.2, 0.25) is 0 Å². The molecule has 4 rings (SSSR count). The maximum Gasteiger partial charge on any atom is 0.334 e. The SMILES string of the molecule is CSCC[C@H]1C(=O)N(Cc2ccc(C)cc2)C[C@H]2N1C(=O)CN(C)N2C(=O)NCc1ccc(F)cc1. The van der Waals surface area contributed by atoms with Crippen molar-refractivity contribution in [1.29, 1.82) is 0 Å². The minimum absolute atomic E-state index is 0.00147. The number of rotatable bonds is 7. The van der Waals surface area contributed by atoms with Gasteiger partial charge in [-0.3, -0.25) is 9.59 Å². The number of fused-ring (bicyclic) bond motifs is 1. The first-order valence-corrected chi connectivity index (χ1v) is 13.3. The molecule has 0 aliphatic carbocycles. The maximum absolute atomic E-state index is 13.6. The number of hydrogen-bond donors (Lipinski definition) is 1. The minimum Gasteiger partial charge on any atom is -0.333 e. The Hall–Kier alpha value is -3.11. The van der Waals surface area contributed by atoms with Gasteiger partial charge in [-0.25, -0.2) is 19.2 Å². The van der Waals surface area contributed by atoms with Crippen molar-refractivity contribution in [3.63, 3.8) is 0 Å². The van der Waals surface area contributed by atoms with Crippen LogP contribution in [0, 0.1) is 12.7 Å². The van der Waals surface area contributed by atoms with E-state index >= 15 is 0 Å². The van der Waals surface area contributed by atoms with E-state index in [0.717, 1.165) is 22.4 Å². The van der Waals surface area contributed by atoms with Crippen molar-refractivity contribution in [3.05, 3.63) is 71.0 Å². The number of likely N-dealkylation sites (N-methyl/N-ethyl adjacent to an activating group) is 1. The number of nitrogens with one attached hydrogen (secondary N) is 1. The van der Waals surface area contributed by atoms with Gasteiger partial charge in [0.2, 0.25) is 11.8 Å². The number of carbonyl (C=O) groups is 3. The molecular formula is C26H32FN5O3S. The third-order valence-electron chi connectivity index (χ3n) is 6.59. The monoisotopic (exact) mass is 513 g/mol. The summed E-state index contributed by atoms with van der Waals surface area (Å²) < 4.78 is 13.2. The lowest BCUT2D eigenvalue weighted by molar-refractivity contribution is -0.187. The largest absolute Gasteiger partial charge is 0.334 e. The average Bonchev–Trinajstić information content (AvgIpc) is 2.85. The van der Waals surface area contributed by atoms with Crippen molar-refractivity contribution in [2.24, 2.45) is 0 Å². The van der Waals surface area contributed by atoms with Gasteiger partial charge in [0.25, 0.3) is 0 Å². The molecule has 0 saturated carbocycles. The van der Waals surface area contributed by atoms with Crippen molar-refractivity contribution in [1.82, 2.24) is 25.1 Å². The number of urea groups is 1. The summed E-state index contributed by atoms with van der Waals surface area (Å²) in [7, 11) is 1.70. The van der Waals surface area contributed by atoms with Gasteiger partial charge in [-0.2, -0.15) is 11.8 Å². The fraction of sp³-hybridized carbons (Fsp3) is 0.423. The minimum atomic E-state index is -0.629. The molecule has 2 aromatic carbocycles. The van der Waals surface area contributed by atoms with Crippen LogP contribution in [-0.4, -0.2) is 82.0 Å². The fourth-order valence-corrected chi connectivity index (χ4v) is 5.19. The number of halogens is 1. The third kappa shape index (κ3) is 5.65. The number of aryl methyl sites for hydroxylation is 1. The molecule has 0 aromatic heterocycles. The van der Waals surface area contributed by atoms with Crippen LogP contribution in [-0.2, 0) is 22.7 Å². The molecule has 192 valence electrons.